The number of nitrogens with one attached hydrogen (secondary N) is 1. The van der Waals surface area contributed by atoms with Gasteiger partial charge in [-0.05, 0) is 12.1 Å². The van der Waals surface area contributed by atoms with E-state index < -0.39 is 0 Å². The molecule has 0 aliphatic carbocycles. The lowest BCUT2D eigenvalue weighted by Crippen LogP contribution is -2.15. The minimum atomic E-state index is -0.0102. The van der Waals surface area contributed by atoms with Crippen LogP contribution >= 0.6 is 36.2 Å². The summed E-state index contributed by atoms with van der Waals surface area (Å²) in [7, 11) is 0. The van der Waals surface area contributed by atoms with Gasteiger partial charge in [0, 0.05) is 5.56 Å². The van der Waals surface area contributed by atoms with Gasteiger partial charge in [0.2, 0.25) is 0 Å². The van der Waals surface area contributed by atoms with Gasteiger partial charge in [0.05, 0.1) is 11.5 Å². The smallest absolute Gasteiger partial charge is 0.143 e. The van der Waals surface area contributed by atoms with Crippen LogP contribution in [0.4, 0.5) is 0 Å². The Morgan fingerprint density at radius 2 is 2.11 bits per heavy atom. The van der Waals surface area contributed by atoms with Crippen LogP contribution in [-0.2, 0) is 0 Å². The minimum Gasteiger partial charge on any atom is -0.491 e. The summed E-state index contributed by atoms with van der Waals surface area (Å²) in [5.41, 5.74) is 0.919. The number of aliphatic hydroxyl groups excluding tert-OH is 1. The molecule has 94 valence electrons. The quantitative estimate of drug-likeness (QED) is 0.657. The zero-order chi connectivity index (χ0) is 13.0. The predicted molar refractivity (Wildman–Crippen MR) is 82.9 cm³/mol. The third-order valence-electron chi connectivity index (χ3n) is 2.20. The van der Waals surface area contributed by atoms with Crippen molar-refractivity contribution in [2.24, 2.45) is 0 Å². The van der Waals surface area contributed by atoms with E-state index in [0.717, 1.165) is 16.2 Å². The topological polar surface area (TPSA) is 41.5 Å². The number of ether oxygens (including phenoxy) is 1. The molecule has 0 bridgehead atoms. The standard InChI is InChI=1S/C12H11NO2S3/c14-5-6-15-9-4-2-1-3-8(9)7-10-11(16)13-12(17)18-10/h1-4,7,14H,5-6H2,(H,13,16,17)/b10-7+. The van der Waals surface area contributed by atoms with Crippen molar-refractivity contribution in [1.82, 2.24) is 5.32 Å². The summed E-state index contributed by atoms with van der Waals surface area (Å²) in [6.45, 7) is 0.262. The van der Waals surface area contributed by atoms with Crippen molar-refractivity contribution >= 4 is 51.6 Å². The summed E-state index contributed by atoms with van der Waals surface area (Å²) in [6.07, 6.45) is 1.94. The second-order valence-electron chi connectivity index (χ2n) is 3.46. The number of aliphatic hydroxyl groups is 1. The fraction of sp³-hybridized carbons (Fsp3) is 0.167. The van der Waals surface area contributed by atoms with E-state index in [1.54, 1.807) is 0 Å². The normalized spacial score (nSPS) is 17.1. The Morgan fingerprint density at radius 3 is 2.78 bits per heavy atom. The summed E-state index contributed by atoms with van der Waals surface area (Å²) in [5.74, 6) is 0.722. The van der Waals surface area contributed by atoms with E-state index in [0.29, 0.717) is 9.31 Å². The molecular weight excluding hydrogens is 286 g/mol. The maximum atomic E-state index is 8.79. The Kier molecular flexibility index (Phi) is 4.71. The maximum absolute atomic E-state index is 8.79. The SMILES string of the molecule is OCCOc1ccccc1/C=C1/SC(=S)NC1=S. The van der Waals surface area contributed by atoms with E-state index in [4.69, 9.17) is 34.3 Å². The molecule has 1 aromatic rings. The van der Waals surface area contributed by atoms with Crippen molar-refractivity contribution in [1.29, 1.82) is 0 Å². The molecule has 1 aromatic carbocycles. The Hall–Kier alpha value is -0.950. The molecular formula is C12H11NO2S3. The second-order valence-corrected chi connectivity index (χ2v) is 5.59. The molecule has 1 aliphatic rings. The van der Waals surface area contributed by atoms with Crippen molar-refractivity contribution in [3.05, 3.63) is 34.7 Å². The molecule has 2 N–H and O–H groups in total. The van der Waals surface area contributed by atoms with Gasteiger partial charge in [0.15, 0.2) is 0 Å². The van der Waals surface area contributed by atoms with Crippen molar-refractivity contribution in [3.8, 4) is 5.75 Å². The van der Waals surface area contributed by atoms with E-state index in [-0.39, 0.29) is 13.2 Å². The molecule has 1 fully saturated rings. The first kappa shape index (κ1) is 13.5. The average molecular weight is 297 g/mol. The summed E-state index contributed by atoms with van der Waals surface area (Å²) >= 11 is 11.7. The lowest BCUT2D eigenvalue weighted by Gasteiger charge is -2.07. The van der Waals surface area contributed by atoms with E-state index in [1.165, 1.54) is 11.8 Å². The molecule has 0 atom stereocenters. The van der Waals surface area contributed by atoms with Gasteiger partial charge in [0.1, 0.15) is 21.7 Å². The van der Waals surface area contributed by atoms with Gasteiger partial charge in [0.25, 0.3) is 0 Å². The Balaban J connectivity index is 2.25. The molecule has 0 saturated carbocycles. The number of benzene rings is 1. The zero-order valence-corrected chi connectivity index (χ0v) is 11.8. The summed E-state index contributed by atoms with van der Waals surface area (Å²) in [5, 5.41) is 11.7. The van der Waals surface area contributed by atoms with E-state index >= 15 is 0 Å². The third-order valence-corrected chi connectivity index (χ3v) is 3.83. The van der Waals surface area contributed by atoms with Crippen molar-refractivity contribution in [2.45, 2.75) is 0 Å². The Morgan fingerprint density at radius 1 is 1.33 bits per heavy atom. The molecule has 0 aromatic heterocycles. The van der Waals surface area contributed by atoms with Gasteiger partial charge in [-0.1, -0.05) is 54.4 Å². The highest BCUT2D eigenvalue weighted by Gasteiger charge is 2.18. The fourth-order valence-corrected chi connectivity index (χ4v) is 2.92. The number of thioether (sulfide) groups is 1. The van der Waals surface area contributed by atoms with E-state index in [2.05, 4.69) is 5.32 Å². The molecule has 0 radical (unpaired) electrons. The number of thiocarbonyl (C=S) groups is 2. The van der Waals surface area contributed by atoms with Crippen LogP contribution in [0.2, 0.25) is 0 Å². The van der Waals surface area contributed by atoms with Gasteiger partial charge >= 0.3 is 0 Å². The molecule has 1 aliphatic heterocycles. The van der Waals surface area contributed by atoms with Crippen molar-refractivity contribution in [3.63, 3.8) is 0 Å². The number of hydrogen-bond acceptors (Lipinski definition) is 5. The fourth-order valence-electron chi connectivity index (χ4n) is 1.45. The first-order valence-electron chi connectivity index (χ1n) is 5.28. The van der Waals surface area contributed by atoms with Crippen LogP contribution in [-0.4, -0.2) is 27.6 Å². The summed E-state index contributed by atoms with van der Waals surface area (Å²) in [6, 6.07) is 7.60. The van der Waals surface area contributed by atoms with E-state index in [9.17, 15) is 0 Å². The van der Waals surface area contributed by atoms with Gasteiger partial charge in [-0.3, -0.25) is 0 Å². The molecule has 0 amide bonds. The predicted octanol–water partition coefficient (Wildman–Crippen LogP) is 2.35. The Bertz CT molecular complexity index is 514. The number of hydrogen-bond donors (Lipinski definition) is 2. The number of para-hydroxylation sites is 1. The number of rotatable bonds is 4. The monoisotopic (exact) mass is 297 g/mol. The molecule has 3 nitrogen and oxygen atoms in total. The van der Waals surface area contributed by atoms with E-state index in [1.807, 2.05) is 30.3 Å². The van der Waals surface area contributed by atoms with Crippen LogP contribution in [0.15, 0.2) is 29.2 Å². The summed E-state index contributed by atoms with van der Waals surface area (Å²) < 4.78 is 6.12. The zero-order valence-electron chi connectivity index (χ0n) is 9.38. The first-order chi connectivity index (χ1) is 8.70. The van der Waals surface area contributed by atoms with Crippen LogP contribution in [0.3, 0.4) is 0 Å². The molecule has 1 heterocycles. The Labute approximate surface area is 120 Å². The first-order valence-corrected chi connectivity index (χ1v) is 6.91. The highest BCUT2D eigenvalue weighted by molar-refractivity contribution is 8.27. The minimum absolute atomic E-state index is 0.0102. The largest absolute Gasteiger partial charge is 0.491 e. The second kappa shape index (κ2) is 6.29. The van der Waals surface area contributed by atoms with Crippen LogP contribution in [0, 0.1) is 0 Å². The molecule has 0 unspecified atom stereocenters. The highest BCUT2D eigenvalue weighted by Crippen LogP contribution is 2.29. The molecule has 2 rings (SSSR count). The lowest BCUT2D eigenvalue weighted by atomic mass is 10.2. The molecule has 1 saturated heterocycles. The van der Waals surface area contributed by atoms with Gasteiger partial charge in [-0.2, -0.15) is 0 Å². The molecule has 18 heavy (non-hydrogen) atoms. The molecule has 0 spiro atoms. The van der Waals surface area contributed by atoms with Gasteiger partial charge < -0.3 is 15.2 Å². The van der Waals surface area contributed by atoms with Gasteiger partial charge in [-0.25, -0.2) is 0 Å². The van der Waals surface area contributed by atoms with Crippen molar-refractivity contribution in [2.75, 3.05) is 13.2 Å². The third kappa shape index (κ3) is 3.29. The highest BCUT2D eigenvalue weighted by atomic mass is 32.2. The maximum Gasteiger partial charge on any atom is 0.143 e. The summed E-state index contributed by atoms with van der Waals surface area (Å²) in [4.78, 5) is 1.55. The van der Waals surface area contributed by atoms with Crippen LogP contribution in [0.25, 0.3) is 6.08 Å². The van der Waals surface area contributed by atoms with Crippen molar-refractivity contribution < 1.29 is 9.84 Å². The van der Waals surface area contributed by atoms with Crippen LogP contribution in [0.5, 0.6) is 5.75 Å². The molecule has 6 heteroatoms. The van der Waals surface area contributed by atoms with Crippen LogP contribution < -0.4 is 10.1 Å². The van der Waals surface area contributed by atoms with Gasteiger partial charge in [-0.15, -0.1) is 0 Å². The van der Waals surface area contributed by atoms with Crippen LogP contribution in [0.1, 0.15) is 5.56 Å². The average Bonchev–Trinajstić information content (AvgIpc) is 2.67. The lowest BCUT2D eigenvalue weighted by molar-refractivity contribution is 0.201.